The highest BCUT2D eigenvalue weighted by Gasteiger charge is 2.30. The first kappa shape index (κ1) is 19.3. The SMILES string of the molecule is CN(C)Cc1ccc(S(=O)(=O)N2CCOC(CN)C2)cc1.Cl. The Labute approximate surface area is 138 Å². The number of nitrogens with zero attached hydrogens (tertiary/aromatic N) is 2. The van der Waals surface area contributed by atoms with Gasteiger partial charge >= 0.3 is 0 Å². The molecule has 0 bridgehead atoms. The molecule has 1 aromatic rings. The van der Waals surface area contributed by atoms with Crippen LogP contribution in [0.2, 0.25) is 0 Å². The number of hydrogen-bond acceptors (Lipinski definition) is 5. The van der Waals surface area contributed by atoms with Crippen molar-refractivity contribution in [3.63, 3.8) is 0 Å². The van der Waals surface area contributed by atoms with Crippen LogP contribution in [0.5, 0.6) is 0 Å². The highest BCUT2D eigenvalue weighted by atomic mass is 35.5. The third-order valence-electron chi connectivity index (χ3n) is 3.42. The summed E-state index contributed by atoms with van der Waals surface area (Å²) in [6.45, 7) is 2.19. The van der Waals surface area contributed by atoms with Crippen LogP contribution in [-0.2, 0) is 21.3 Å². The maximum absolute atomic E-state index is 12.6. The summed E-state index contributed by atoms with van der Waals surface area (Å²) in [6, 6.07) is 7.05. The zero-order valence-corrected chi connectivity index (χ0v) is 14.6. The van der Waals surface area contributed by atoms with Crippen molar-refractivity contribution in [2.24, 2.45) is 5.73 Å². The van der Waals surface area contributed by atoms with Gasteiger partial charge in [-0.15, -0.1) is 12.4 Å². The minimum atomic E-state index is -3.47. The summed E-state index contributed by atoms with van der Waals surface area (Å²) in [7, 11) is 0.489. The summed E-state index contributed by atoms with van der Waals surface area (Å²) in [5, 5.41) is 0. The predicted molar refractivity (Wildman–Crippen MR) is 88.6 cm³/mol. The fraction of sp³-hybridized carbons (Fsp3) is 0.571. The minimum Gasteiger partial charge on any atom is -0.374 e. The minimum absolute atomic E-state index is 0. The third kappa shape index (κ3) is 4.65. The second-order valence-corrected chi connectivity index (χ2v) is 7.41. The summed E-state index contributed by atoms with van der Waals surface area (Å²) >= 11 is 0. The number of nitrogens with two attached hydrogens (primary N) is 1. The second-order valence-electron chi connectivity index (χ2n) is 5.47. The average molecular weight is 350 g/mol. The van der Waals surface area contributed by atoms with Gasteiger partial charge in [-0.1, -0.05) is 12.1 Å². The average Bonchev–Trinajstić information content (AvgIpc) is 2.47. The van der Waals surface area contributed by atoms with Crippen LogP contribution in [0.25, 0.3) is 0 Å². The lowest BCUT2D eigenvalue weighted by Gasteiger charge is -2.31. The Bertz CT molecular complexity index is 563. The summed E-state index contributed by atoms with van der Waals surface area (Å²) in [5.41, 5.74) is 6.65. The second kappa shape index (κ2) is 8.24. The first-order chi connectivity index (χ1) is 9.93. The van der Waals surface area contributed by atoms with Crippen LogP contribution in [0.4, 0.5) is 0 Å². The summed E-state index contributed by atoms with van der Waals surface area (Å²) in [5.74, 6) is 0. The molecule has 2 rings (SSSR count). The van der Waals surface area contributed by atoms with E-state index in [4.69, 9.17) is 10.5 Å². The predicted octanol–water partition coefficient (Wildman–Crippen LogP) is 0.518. The van der Waals surface area contributed by atoms with Crippen molar-refractivity contribution in [1.82, 2.24) is 9.21 Å². The van der Waals surface area contributed by atoms with Gasteiger partial charge in [-0.05, 0) is 31.8 Å². The van der Waals surface area contributed by atoms with Gasteiger partial charge in [0.15, 0.2) is 0 Å². The lowest BCUT2D eigenvalue weighted by atomic mass is 10.2. The van der Waals surface area contributed by atoms with E-state index < -0.39 is 10.0 Å². The third-order valence-corrected chi connectivity index (χ3v) is 5.30. The molecular formula is C14H24ClN3O3S. The van der Waals surface area contributed by atoms with E-state index in [1.54, 1.807) is 12.1 Å². The molecule has 1 fully saturated rings. The van der Waals surface area contributed by atoms with E-state index in [1.165, 1.54) is 4.31 Å². The topological polar surface area (TPSA) is 75.9 Å². The van der Waals surface area contributed by atoms with E-state index in [0.29, 0.717) is 31.1 Å². The number of sulfonamides is 1. The molecule has 1 aliphatic rings. The van der Waals surface area contributed by atoms with Crippen molar-refractivity contribution >= 4 is 22.4 Å². The van der Waals surface area contributed by atoms with Crippen LogP contribution in [-0.4, -0.2) is 64.1 Å². The first-order valence-corrected chi connectivity index (χ1v) is 8.43. The largest absolute Gasteiger partial charge is 0.374 e. The summed E-state index contributed by atoms with van der Waals surface area (Å²) < 4.78 is 32.1. The van der Waals surface area contributed by atoms with E-state index in [9.17, 15) is 8.42 Å². The Balaban J connectivity index is 0.00000242. The van der Waals surface area contributed by atoms with Crippen molar-refractivity contribution in [3.05, 3.63) is 29.8 Å². The zero-order chi connectivity index (χ0) is 15.5. The highest BCUT2D eigenvalue weighted by molar-refractivity contribution is 7.89. The maximum atomic E-state index is 12.6. The van der Waals surface area contributed by atoms with Crippen LogP contribution in [0.15, 0.2) is 29.2 Å². The smallest absolute Gasteiger partial charge is 0.243 e. The van der Waals surface area contributed by atoms with Gasteiger partial charge in [-0.25, -0.2) is 8.42 Å². The molecule has 0 amide bonds. The molecule has 2 N–H and O–H groups in total. The molecule has 6 nitrogen and oxygen atoms in total. The van der Waals surface area contributed by atoms with Gasteiger partial charge in [0.05, 0.1) is 17.6 Å². The lowest BCUT2D eigenvalue weighted by molar-refractivity contribution is 0.00450. The van der Waals surface area contributed by atoms with Crippen molar-refractivity contribution in [2.45, 2.75) is 17.5 Å². The van der Waals surface area contributed by atoms with Crippen LogP contribution in [0, 0.1) is 0 Å². The number of rotatable bonds is 5. The van der Waals surface area contributed by atoms with Crippen LogP contribution in [0.3, 0.4) is 0 Å². The van der Waals surface area contributed by atoms with E-state index in [0.717, 1.165) is 12.1 Å². The van der Waals surface area contributed by atoms with Crippen molar-refractivity contribution in [2.75, 3.05) is 40.3 Å². The maximum Gasteiger partial charge on any atom is 0.243 e. The highest BCUT2D eigenvalue weighted by Crippen LogP contribution is 2.19. The molecule has 0 saturated carbocycles. The van der Waals surface area contributed by atoms with Gasteiger partial charge in [0.2, 0.25) is 10.0 Å². The molecule has 1 heterocycles. The van der Waals surface area contributed by atoms with Gasteiger partial charge in [-0.2, -0.15) is 4.31 Å². The van der Waals surface area contributed by atoms with Crippen LogP contribution in [0.1, 0.15) is 5.56 Å². The molecule has 0 radical (unpaired) electrons. The molecule has 1 aliphatic heterocycles. The normalized spacial score (nSPS) is 19.9. The quantitative estimate of drug-likeness (QED) is 0.838. The Morgan fingerprint density at radius 1 is 1.32 bits per heavy atom. The zero-order valence-electron chi connectivity index (χ0n) is 12.9. The molecule has 1 saturated heterocycles. The van der Waals surface area contributed by atoms with Gasteiger partial charge in [0, 0.05) is 26.2 Å². The van der Waals surface area contributed by atoms with Crippen LogP contribution < -0.4 is 5.73 Å². The number of ether oxygens (including phenoxy) is 1. The fourth-order valence-electron chi connectivity index (χ4n) is 2.33. The van der Waals surface area contributed by atoms with Crippen LogP contribution >= 0.6 is 12.4 Å². The molecule has 22 heavy (non-hydrogen) atoms. The first-order valence-electron chi connectivity index (χ1n) is 6.99. The number of halogens is 1. The lowest BCUT2D eigenvalue weighted by Crippen LogP contribution is -2.48. The van der Waals surface area contributed by atoms with E-state index >= 15 is 0 Å². The molecule has 0 aromatic heterocycles. The Morgan fingerprint density at radius 3 is 2.50 bits per heavy atom. The number of morpholine rings is 1. The molecule has 126 valence electrons. The van der Waals surface area contributed by atoms with E-state index in [-0.39, 0.29) is 18.5 Å². The fourth-order valence-corrected chi connectivity index (χ4v) is 3.79. The number of hydrogen-bond donors (Lipinski definition) is 1. The van der Waals surface area contributed by atoms with Gasteiger partial charge in [-0.3, -0.25) is 0 Å². The number of benzene rings is 1. The molecule has 1 aromatic carbocycles. The van der Waals surface area contributed by atoms with Gasteiger partial charge in [0.1, 0.15) is 0 Å². The van der Waals surface area contributed by atoms with Crippen molar-refractivity contribution < 1.29 is 13.2 Å². The molecule has 0 aliphatic carbocycles. The van der Waals surface area contributed by atoms with E-state index in [1.807, 2.05) is 31.1 Å². The molecule has 0 spiro atoms. The summed E-state index contributed by atoms with van der Waals surface area (Å²) in [6.07, 6.45) is -0.221. The molecule has 1 unspecified atom stereocenters. The Hall–Kier alpha value is -0.700. The Kier molecular flexibility index (Phi) is 7.24. The Morgan fingerprint density at radius 2 is 1.95 bits per heavy atom. The van der Waals surface area contributed by atoms with Crippen molar-refractivity contribution in [1.29, 1.82) is 0 Å². The molecular weight excluding hydrogens is 326 g/mol. The van der Waals surface area contributed by atoms with Gasteiger partial charge < -0.3 is 15.4 Å². The standard InChI is InChI=1S/C14H23N3O3S.ClH/c1-16(2)10-12-3-5-14(6-4-12)21(18,19)17-7-8-20-13(9-15)11-17;/h3-6,13H,7-11,15H2,1-2H3;1H. The molecule has 1 atom stereocenters. The monoisotopic (exact) mass is 349 g/mol. The van der Waals surface area contributed by atoms with Gasteiger partial charge in [0.25, 0.3) is 0 Å². The van der Waals surface area contributed by atoms with Crippen molar-refractivity contribution in [3.8, 4) is 0 Å². The van der Waals surface area contributed by atoms with E-state index in [2.05, 4.69) is 0 Å². The molecule has 8 heteroatoms. The summed E-state index contributed by atoms with van der Waals surface area (Å²) in [4.78, 5) is 2.36.